The molecule has 1 N–H and O–H groups in total. The molecule has 25 heavy (non-hydrogen) atoms. The van der Waals surface area contributed by atoms with Crippen molar-refractivity contribution in [2.45, 2.75) is 25.8 Å². The van der Waals surface area contributed by atoms with Crippen LogP contribution in [0.25, 0.3) is 0 Å². The lowest BCUT2D eigenvalue weighted by Crippen LogP contribution is -2.45. The van der Waals surface area contributed by atoms with Crippen molar-refractivity contribution in [3.8, 4) is 0 Å². The number of nitrogens with one attached hydrogen (secondary N) is 1. The molecule has 0 spiro atoms. The highest BCUT2D eigenvalue weighted by Crippen LogP contribution is 2.24. The van der Waals surface area contributed by atoms with Crippen molar-refractivity contribution in [3.63, 3.8) is 0 Å². The van der Waals surface area contributed by atoms with E-state index in [1.807, 2.05) is 12.4 Å². The molecular weight excluding hydrogens is 312 g/mol. The predicted molar refractivity (Wildman–Crippen MR) is 99.7 cm³/mol. The summed E-state index contributed by atoms with van der Waals surface area (Å²) >= 11 is 0. The van der Waals surface area contributed by atoms with Crippen LogP contribution in [0.4, 0.5) is 11.4 Å². The molecule has 0 bridgehead atoms. The van der Waals surface area contributed by atoms with Crippen LogP contribution < -0.4 is 10.2 Å². The molecule has 2 aromatic rings. The Bertz CT molecular complexity index is 739. The molecule has 2 aliphatic heterocycles. The van der Waals surface area contributed by atoms with Crippen molar-refractivity contribution < 1.29 is 4.79 Å². The fourth-order valence-corrected chi connectivity index (χ4v) is 3.69. The number of hydrogen-bond acceptors (Lipinski definition) is 4. The first kappa shape index (κ1) is 16.1. The van der Waals surface area contributed by atoms with E-state index in [-0.39, 0.29) is 5.91 Å². The molecule has 1 saturated heterocycles. The zero-order valence-corrected chi connectivity index (χ0v) is 14.4. The zero-order valence-electron chi connectivity index (χ0n) is 14.4. The van der Waals surface area contributed by atoms with E-state index < -0.39 is 0 Å². The minimum absolute atomic E-state index is 0.141. The van der Waals surface area contributed by atoms with Gasteiger partial charge in [0.15, 0.2) is 0 Å². The SMILES string of the molecule is O=C1CCCc2ccc(CN3CCN(c4ccncc4)CC3)cc2N1. The van der Waals surface area contributed by atoms with Crippen LogP contribution in [0.1, 0.15) is 24.0 Å². The van der Waals surface area contributed by atoms with Gasteiger partial charge in [0.1, 0.15) is 0 Å². The van der Waals surface area contributed by atoms with Crippen molar-refractivity contribution in [2.75, 3.05) is 36.4 Å². The molecule has 4 rings (SSSR count). The van der Waals surface area contributed by atoms with Crippen LogP contribution in [0.15, 0.2) is 42.7 Å². The number of piperazine rings is 1. The number of benzene rings is 1. The van der Waals surface area contributed by atoms with Crippen LogP contribution in [-0.4, -0.2) is 42.0 Å². The number of amides is 1. The number of hydrogen-bond donors (Lipinski definition) is 1. The van der Waals surface area contributed by atoms with Gasteiger partial charge in [-0.15, -0.1) is 0 Å². The molecule has 0 saturated carbocycles. The Morgan fingerprint density at radius 2 is 1.80 bits per heavy atom. The quantitative estimate of drug-likeness (QED) is 0.936. The maximum atomic E-state index is 11.8. The van der Waals surface area contributed by atoms with Gasteiger partial charge in [-0.1, -0.05) is 12.1 Å². The Morgan fingerprint density at radius 3 is 2.60 bits per heavy atom. The Morgan fingerprint density at radius 1 is 1.00 bits per heavy atom. The number of anilines is 2. The van der Waals surface area contributed by atoms with Crippen molar-refractivity contribution in [3.05, 3.63) is 53.9 Å². The molecule has 0 unspecified atom stereocenters. The Hall–Kier alpha value is -2.40. The van der Waals surface area contributed by atoms with Crippen molar-refractivity contribution in [1.29, 1.82) is 0 Å². The largest absolute Gasteiger partial charge is 0.369 e. The van der Waals surface area contributed by atoms with Crippen LogP contribution >= 0.6 is 0 Å². The van der Waals surface area contributed by atoms with Gasteiger partial charge < -0.3 is 10.2 Å². The van der Waals surface area contributed by atoms with Gasteiger partial charge in [-0.3, -0.25) is 14.7 Å². The van der Waals surface area contributed by atoms with E-state index >= 15 is 0 Å². The van der Waals surface area contributed by atoms with E-state index in [1.165, 1.54) is 16.8 Å². The van der Waals surface area contributed by atoms with Crippen molar-refractivity contribution in [1.82, 2.24) is 9.88 Å². The third-order valence-corrected chi connectivity index (χ3v) is 5.10. The number of rotatable bonds is 3. The van der Waals surface area contributed by atoms with Crippen LogP contribution in [0.5, 0.6) is 0 Å². The number of aryl methyl sites for hydroxylation is 1. The molecule has 1 fully saturated rings. The summed E-state index contributed by atoms with van der Waals surface area (Å²) in [5.74, 6) is 0.141. The molecule has 2 aliphatic rings. The second-order valence-corrected chi connectivity index (χ2v) is 6.86. The Kier molecular flexibility index (Phi) is 4.65. The van der Waals surface area contributed by atoms with Gasteiger partial charge in [0.05, 0.1) is 0 Å². The number of nitrogens with zero attached hydrogens (tertiary/aromatic N) is 3. The molecule has 130 valence electrons. The highest BCUT2D eigenvalue weighted by atomic mass is 16.1. The van der Waals surface area contributed by atoms with E-state index in [1.54, 1.807) is 0 Å². The van der Waals surface area contributed by atoms with E-state index in [0.29, 0.717) is 6.42 Å². The van der Waals surface area contributed by atoms with Gasteiger partial charge in [-0.05, 0) is 42.2 Å². The van der Waals surface area contributed by atoms with E-state index in [4.69, 9.17) is 0 Å². The predicted octanol–water partition coefficient (Wildman–Crippen LogP) is 2.68. The van der Waals surface area contributed by atoms with Crippen LogP contribution in [0.3, 0.4) is 0 Å². The zero-order chi connectivity index (χ0) is 17.1. The first-order chi connectivity index (χ1) is 12.3. The molecule has 1 amide bonds. The number of pyridine rings is 1. The first-order valence-electron chi connectivity index (χ1n) is 9.07. The second-order valence-electron chi connectivity index (χ2n) is 6.86. The summed E-state index contributed by atoms with van der Waals surface area (Å²) in [6.07, 6.45) is 6.26. The van der Waals surface area contributed by atoms with E-state index in [9.17, 15) is 4.79 Å². The monoisotopic (exact) mass is 336 g/mol. The van der Waals surface area contributed by atoms with Crippen molar-refractivity contribution >= 4 is 17.3 Å². The third kappa shape index (κ3) is 3.82. The Labute approximate surface area is 148 Å². The maximum Gasteiger partial charge on any atom is 0.224 e. The highest BCUT2D eigenvalue weighted by molar-refractivity contribution is 5.92. The number of carbonyl (C=O) groups is 1. The van der Waals surface area contributed by atoms with Gasteiger partial charge >= 0.3 is 0 Å². The highest BCUT2D eigenvalue weighted by Gasteiger charge is 2.18. The molecule has 1 aromatic carbocycles. The van der Waals surface area contributed by atoms with E-state index in [2.05, 4.69) is 50.4 Å². The lowest BCUT2D eigenvalue weighted by Gasteiger charge is -2.36. The van der Waals surface area contributed by atoms with Crippen LogP contribution in [0.2, 0.25) is 0 Å². The van der Waals surface area contributed by atoms with Gasteiger partial charge in [0.25, 0.3) is 0 Å². The Balaban J connectivity index is 1.38. The first-order valence-corrected chi connectivity index (χ1v) is 9.07. The summed E-state index contributed by atoms with van der Waals surface area (Å²) < 4.78 is 0. The average Bonchev–Trinajstić information content (AvgIpc) is 2.83. The smallest absolute Gasteiger partial charge is 0.224 e. The number of aromatic nitrogens is 1. The van der Waals surface area contributed by atoms with Gasteiger partial charge in [0, 0.05) is 62.9 Å². The van der Waals surface area contributed by atoms with Crippen LogP contribution in [-0.2, 0) is 17.8 Å². The van der Waals surface area contributed by atoms with Crippen molar-refractivity contribution in [2.24, 2.45) is 0 Å². The molecule has 0 radical (unpaired) electrons. The lowest BCUT2D eigenvalue weighted by molar-refractivity contribution is -0.116. The number of carbonyl (C=O) groups excluding carboxylic acids is 1. The normalized spacial score (nSPS) is 18.4. The molecule has 0 aliphatic carbocycles. The van der Waals surface area contributed by atoms with Crippen LogP contribution in [0, 0.1) is 0 Å². The molecule has 0 atom stereocenters. The van der Waals surface area contributed by atoms with Gasteiger partial charge in [0.2, 0.25) is 5.91 Å². The lowest BCUT2D eigenvalue weighted by atomic mass is 10.0. The van der Waals surface area contributed by atoms with Gasteiger partial charge in [-0.25, -0.2) is 0 Å². The summed E-state index contributed by atoms with van der Waals surface area (Å²) in [6, 6.07) is 10.7. The maximum absolute atomic E-state index is 11.8. The number of fused-ring (bicyclic) bond motifs is 1. The minimum Gasteiger partial charge on any atom is -0.369 e. The molecule has 1 aromatic heterocycles. The molecule has 5 nitrogen and oxygen atoms in total. The van der Waals surface area contributed by atoms with Gasteiger partial charge in [-0.2, -0.15) is 0 Å². The second kappa shape index (κ2) is 7.23. The average molecular weight is 336 g/mol. The fraction of sp³-hybridized carbons (Fsp3) is 0.400. The minimum atomic E-state index is 0.141. The molecular formula is C20H24N4O. The fourth-order valence-electron chi connectivity index (χ4n) is 3.69. The summed E-state index contributed by atoms with van der Waals surface area (Å²) in [7, 11) is 0. The summed E-state index contributed by atoms with van der Waals surface area (Å²) in [5, 5.41) is 3.06. The summed E-state index contributed by atoms with van der Waals surface area (Å²) in [5.41, 5.74) is 4.80. The third-order valence-electron chi connectivity index (χ3n) is 5.10. The topological polar surface area (TPSA) is 48.5 Å². The summed E-state index contributed by atoms with van der Waals surface area (Å²) in [6.45, 7) is 5.10. The molecule has 5 heteroatoms. The standard InChI is InChI=1S/C20H24N4O/c25-20-3-1-2-17-5-4-16(14-19(17)22-20)15-23-10-12-24(13-11-23)18-6-8-21-9-7-18/h4-9,14H,1-3,10-13,15H2,(H,22,25). The molecule has 3 heterocycles. The summed E-state index contributed by atoms with van der Waals surface area (Å²) in [4.78, 5) is 20.8. The van der Waals surface area contributed by atoms with E-state index in [0.717, 1.165) is 51.3 Å².